The van der Waals surface area contributed by atoms with E-state index in [0.717, 1.165) is 18.6 Å². The van der Waals surface area contributed by atoms with Crippen molar-refractivity contribution in [3.63, 3.8) is 0 Å². The third-order valence-corrected chi connectivity index (χ3v) is 3.66. The Morgan fingerprint density at radius 1 is 1.43 bits per heavy atom. The van der Waals surface area contributed by atoms with Gasteiger partial charge in [0, 0.05) is 31.7 Å². The van der Waals surface area contributed by atoms with Gasteiger partial charge in [0.15, 0.2) is 0 Å². The molecular weight excluding hydrogens is 174 g/mol. The van der Waals surface area contributed by atoms with Crippen molar-refractivity contribution in [1.29, 1.82) is 0 Å². The Bertz CT molecular complexity index is 168. The zero-order valence-electron chi connectivity index (χ0n) is 9.26. The molecule has 0 aromatic rings. The lowest BCUT2D eigenvalue weighted by Crippen LogP contribution is -2.50. The highest BCUT2D eigenvalue weighted by Gasteiger charge is 2.20. The lowest BCUT2D eigenvalue weighted by molar-refractivity contribution is 0.185. The van der Waals surface area contributed by atoms with Gasteiger partial charge in [-0.3, -0.25) is 0 Å². The summed E-state index contributed by atoms with van der Waals surface area (Å²) >= 11 is 0. The van der Waals surface area contributed by atoms with Gasteiger partial charge in [-0.25, -0.2) is 0 Å². The Morgan fingerprint density at radius 2 is 2.29 bits per heavy atom. The number of rotatable bonds is 4. The Hall–Kier alpha value is -0.120. The molecule has 1 saturated heterocycles. The van der Waals surface area contributed by atoms with Crippen molar-refractivity contribution in [3.8, 4) is 0 Å². The largest absolute Gasteiger partial charge is 0.314 e. The zero-order valence-corrected chi connectivity index (χ0v) is 9.26. The summed E-state index contributed by atoms with van der Waals surface area (Å²) in [4.78, 5) is 2.49. The summed E-state index contributed by atoms with van der Waals surface area (Å²) in [7, 11) is 2.24. The molecular formula is C11H23N3. The number of hydrogen-bond donors (Lipinski definition) is 2. The summed E-state index contributed by atoms with van der Waals surface area (Å²) in [6, 6.07) is 1.59. The molecule has 3 nitrogen and oxygen atoms in total. The van der Waals surface area contributed by atoms with E-state index in [1.54, 1.807) is 0 Å². The van der Waals surface area contributed by atoms with Gasteiger partial charge >= 0.3 is 0 Å². The average Bonchev–Trinajstić information content (AvgIpc) is 2.12. The van der Waals surface area contributed by atoms with Crippen molar-refractivity contribution in [3.05, 3.63) is 0 Å². The number of piperazine rings is 1. The molecule has 82 valence electrons. The predicted octanol–water partition coefficient (Wildman–Crippen LogP) is 0.422. The molecule has 1 heterocycles. The molecule has 0 spiro atoms. The van der Waals surface area contributed by atoms with Crippen molar-refractivity contribution in [2.24, 2.45) is 0 Å². The molecule has 1 saturated carbocycles. The molecule has 3 heteroatoms. The molecule has 0 aromatic heterocycles. The highest BCUT2D eigenvalue weighted by atomic mass is 15.2. The van der Waals surface area contributed by atoms with Crippen LogP contribution < -0.4 is 10.6 Å². The minimum absolute atomic E-state index is 0.747. The third kappa shape index (κ3) is 2.69. The summed E-state index contributed by atoms with van der Waals surface area (Å²) in [5.41, 5.74) is 0. The fourth-order valence-electron chi connectivity index (χ4n) is 2.25. The second kappa shape index (κ2) is 5.10. The number of likely N-dealkylation sites (N-methyl/N-ethyl adjacent to an activating group) is 1. The van der Waals surface area contributed by atoms with Crippen LogP contribution in [0.2, 0.25) is 0 Å². The van der Waals surface area contributed by atoms with Crippen molar-refractivity contribution < 1.29 is 0 Å². The second-order valence-electron chi connectivity index (χ2n) is 4.71. The molecule has 0 amide bonds. The van der Waals surface area contributed by atoms with Gasteiger partial charge in [0.25, 0.3) is 0 Å². The first-order valence-electron chi connectivity index (χ1n) is 6.00. The van der Waals surface area contributed by atoms with E-state index >= 15 is 0 Å². The smallest absolute Gasteiger partial charge is 0.0230 e. The van der Waals surface area contributed by atoms with Crippen molar-refractivity contribution in [2.45, 2.75) is 37.8 Å². The van der Waals surface area contributed by atoms with Crippen LogP contribution in [0.5, 0.6) is 0 Å². The van der Waals surface area contributed by atoms with Crippen molar-refractivity contribution in [1.82, 2.24) is 15.5 Å². The first-order chi connectivity index (χ1) is 6.86. The highest BCUT2D eigenvalue weighted by Crippen LogP contribution is 2.18. The van der Waals surface area contributed by atoms with E-state index in [9.17, 15) is 0 Å². The fraction of sp³-hybridized carbons (Fsp3) is 1.00. The van der Waals surface area contributed by atoms with Gasteiger partial charge in [0.1, 0.15) is 0 Å². The van der Waals surface area contributed by atoms with Gasteiger partial charge in [0.05, 0.1) is 0 Å². The summed E-state index contributed by atoms with van der Waals surface area (Å²) in [6.45, 7) is 4.72. The molecule has 1 atom stereocenters. The van der Waals surface area contributed by atoms with Crippen LogP contribution in [0, 0.1) is 0 Å². The van der Waals surface area contributed by atoms with Crippen molar-refractivity contribution >= 4 is 0 Å². The van der Waals surface area contributed by atoms with E-state index in [1.165, 1.54) is 45.3 Å². The van der Waals surface area contributed by atoms with Gasteiger partial charge in [-0.15, -0.1) is 0 Å². The van der Waals surface area contributed by atoms with Crippen LogP contribution in [0.3, 0.4) is 0 Å². The molecule has 0 aromatic carbocycles. The van der Waals surface area contributed by atoms with Crippen LogP contribution >= 0.6 is 0 Å². The second-order valence-corrected chi connectivity index (χ2v) is 4.71. The minimum Gasteiger partial charge on any atom is -0.314 e. The highest BCUT2D eigenvalue weighted by molar-refractivity contribution is 4.80. The lowest BCUT2D eigenvalue weighted by Gasteiger charge is -2.34. The molecule has 2 rings (SSSR count). The van der Waals surface area contributed by atoms with E-state index in [2.05, 4.69) is 22.6 Å². The average molecular weight is 197 g/mol. The molecule has 2 aliphatic rings. The summed E-state index contributed by atoms with van der Waals surface area (Å²) in [5.74, 6) is 0. The van der Waals surface area contributed by atoms with E-state index in [1.807, 2.05) is 0 Å². The quantitative estimate of drug-likeness (QED) is 0.684. The first kappa shape index (κ1) is 10.4. The number of nitrogens with one attached hydrogen (secondary N) is 2. The third-order valence-electron chi connectivity index (χ3n) is 3.66. The van der Waals surface area contributed by atoms with Crippen LogP contribution in [0.4, 0.5) is 0 Å². The summed E-state index contributed by atoms with van der Waals surface area (Å²) < 4.78 is 0. The van der Waals surface area contributed by atoms with E-state index in [4.69, 9.17) is 0 Å². The maximum Gasteiger partial charge on any atom is 0.0230 e. The monoisotopic (exact) mass is 197 g/mol. The molecule has 1 aliphatic heterocycles. The van der Waals surface area contributed by atoms with Crippen LogP contribution in [0.1, 0.15) is 25.7 Å². The SMILES string of the molecule is CN1CCNCC1CCNC1CCC1. The molecule has 14 heavy (non-hydrogen) atoms. The van der Waals surface area contributed by atoms with Gasteiger partial charge in [-0.05, 0) is 32.9 Å². The molecule has 2 N–H and O–H groups in total. The van der Waals surface area contributed by atoms with Gasteiger partial charge < -0.3 is 15.5 Å². The number of nitrogens with zero attached hydrogens (tertiary/aromatic N) is 1. The maximum absolute atomic E-state index is 3.63. The maximum atomic E-state index is 3.63. The molecule has 2 fully saturated rings. The predicted molar refractivity (Wildman–Crippen MR) is 59.5 cm³/mol. The molecule has 0 bridgehead atoms. The van der Waals surface area contributed by atoms with Crippen LogP contribution in [-0.2, 0) is 0 Å². The number of hydrogen-bond acceptors (Lipinski definition) is 3. The molecule has 1 unspecified atom stereocenters. The van der Waals surface area contributed by atoms with Crippen LogP contribution in [-0.4, -0.2) is 50.2 Å². The van der Waals surface area contributed by atoms with Gasteiger partial charge in [-0.1, -0.05) is 6.42 Å². The van der Waals surface area contributed by atoms with Crippen molar-refractivity contribution in [2.75, 3.05) is 33.2 Å². The standard InChI is InChI=1S/C11H23N3/c1-14-8-7-12-9-11(14)5-6-13-10-3-2-4-10/h10-13H,2-9H2,1H3. The Morgan fingerprint density at radius 3 is 2.93 bits per heavy atom. The Labute approximate surface area is 87.2 Å². The fourth-order valence-corrected chi connectivity index (χ4v) is 2.25. The normalized spacial score (nSPS) is 30.2. The van der Waals surface area contributed by atoms with E-state index in [-0.39, 0.29) is 0 Å². The first-order valence-corrected chi connectivity index (χ1v) is 6.00. The molecule has 1 aliphatic carbocycles. The van der Waals surface area contributed by atoms with Crippen LogP contribution in [0.15, 0.2) is 0 Å². The van der Waals surface area contributed by atoms with E-state index in [0.29, 0.717) is 0 Å². The Balaban J connectivity index is 1.58. The lowest BCUT2D eigenvalue weighted by atomic mass is 9.93. The summed E-state index contributed by atoms with van der Waals surface area (Å²) in [5, 5.41) is 7.09. The topological polar surface area (TPSA) is 27.3 Å². The summed E-state index contributed by atoms with van der Waals surface area (Å²) in [6.07, 6.45) is 5.53. The molecule has 0 radical (unpaired) electrons. The zero-order chi connectivity index (χ0) is 9.80. The minimum atomic E-state index is 0.747. The van der Waals surface area contributed by atoms with Gasteiger partial charge in [-0.2, -0.15) is 0 Å². The van der Waals surface area contributed by atoms with Crippen LogP contribution in [0.25, 0.3) is 0 Å². The van der Waals surface area contributed by atoms with E-state index < -0.39 is 0 Å². The Kier molecular flexibility index (Phi) is 3.79. The van der Waals surface area contributed by atoms with Gasteiger partial charge in [0.2, 0.25) is 0 Å².